The predicted octanol–water partition coefficient (Wildman–Crippen LogP) is 5.64. The first kappa shape index (κ1) is 21.4. The lowest BCUT2D eigenvalue weighted by molar-refractivity contribution is 0.0928. The Hall–Kier alpha value is -2.33. The number of benzene rings is 2. The molecule has 156 valence electrons. The molecule has 3 rings (SSSR count). The van der Waals surface area contributed by atoms with Crippen LogP contribution in [0.1, 0.15) is 73.4 Å². The Morgan fingerprint density at radius 3 is 2.41 bits per heavy atom. The summed E-state index contributed by atoms with van der Waals surface area (Å²) in [6, 6.07) is 16.0. The van der Waals surface area contributed by atoms with Crippen LogP contribution in [0, 0.1) is 0 Å². The molecule has 0 bridgehead atoms. The second-order valence-corrected chi connectivity index (χ2v) is 7.75. The van der Waals surface area contributed by atoms with Crippen molar-refractivity contribution in [2.24, 2.45) is 0 Å². The molecule has 1 amide bonds. The summed E-state index contributed by atoms with van der Waals surface area (Å²) in [5.74, 6) is 0.783. The Balaban J connectivity index is 1.63. The van der Waals surface area contributed by atoms with Crippen LogP contribution < -0.4 is 10.1 Å². The van der Waals surface area contributed by atoms with Crippen molar-refractivity contribution in [3.8, 4) is 5.75 Å². The normalized spacial score (nSPS) is 15.3. The van der Waals surface area contributed by atoms with Crippen molar-refractivity contribution in [2.75, 3.05) is 6.61 Å². The average Bonchev–Trinajstić information content (AvgIpc) is 2.72. The van der Waals surface area contributed by atoms with Crippen LogP contribution in [0.15, 0.2) is 48.5 Å². The second-order valence-electron chi connectivity index (χ2n) is 7.75. The van der Waals surface area contributed by atoms with E-state index in [0.29, 0.717) is 25.4 Å². The van der Waals surface area contributed by atoms with Crippen LogP contribution in [0.5, 0.6) is 5.75 Å². The molecular formula is C25H33NO3. The van der Waals surface area contributed by atoms with Crippen LogP contribution in [-0.4, -0.2) is 18.6 Å². The number of nitrogens with one attached hydrogen (secondary N) is 1. The number of carbonyl (C=O) groups is 1. The third-order valence-corrected chi connectivity index (χ3v) is 5.43. The molecule has 0 saturated heterocycles. The van der Waals surface area contributed by atoms with Crippen molar-refractivity contribution in [2.45, 2.75) is 71.1 Å². The van der Waals surface area contributed by atoms with Gasteiger partial charge in [-0.3, -0.25) is 4.79 Å². The number of hydrogen-bond acceptors (Lipinski definition) is 3. The lowest BCUT2D eigenvalue weighted by atomic mass is 9.96. The molecule has 1 aliphatic rings. The second kappa shape index (κ2) is 11.6. The minimum atomic E-state index is 0.00271. The first-order valence-electron chi connectivity index (χ1n) is 10.9. The summed E-state index contributed by atoms with van der Waals surface area (Å²) in [4.78, 5) is 12.8. The summed E-state index contributed by atoms with van der Waals surface area (Å²) >= 11 is 0. The van der Waals surface area contributed by atoms with E-state index in [2.05, 4.69) is 5.32 Å². The summed E-state index contributed by atoms with van der Waals surface area (Å²) in [6.07, 6.45) is 8.44. The van der Waals surface area contributed by atoms with Crippen LogP contribution in [-0.2, 0) is 18.0 Å². The van der Waals surface area contributed by atoms with Gasteiger partial charge in [0.2, 0.25) is 0 Å². The molecule has 0 unspecified atom stereocenters. The monoisotopic (exact) mass is 395 g/mol. The molecule has 1 aliphatic carbocycles. The molecular weight excluding hydrogens is 362 g/mol. The fraction of sp³-hybridized carbons (Fsp3) is 0.480. The highest BCUT2D eigenvalue weighted by Crippen LogP contribution is 2.23. The number of ether oxygens (including phenoxy) is 2. The van der Waals surface area contributed by atoms with Crippen molar-refractivity contribution in [3.63, 3.8) is 0 Å². The Morgan fingerprint density at radius 2 is 1.69 bits per heavy atom. The van der Waals surface area contributed by atoms with Gasteiger partial charge in [0, 0.05) is 17.2 Å². The molecule has 1 N–H and O–H groups in total. The molecule has 2 aromatic carbocycles. The molecule has 1 saturated carbocycles. The van der Waals surface area contributed by atoms with E-state index >= 15 is 0 Å². The Labute approximate surface area is 174 Å². The van der Waals surface area contributed by atoms with Crippen LogP contribution in [0.2, 0.25) is 0 Å². The van der Waals surface area contributed by atoms with Gasteiger partial charge in [0.25, 0.3) is 5.91 Å². The van der Waals surface area contributed by atoms with E-state index in [9.17, 15) is 4.79 Å². The van der Waals surface area contributed by atoms with Gasteiger partial charge >= 0.3 is 0 Å². The van der Waals surface area contributed by atoms with E-state index in [-0.39, 0.29) is 11.9 Å². The van der Waals surface area contributed by atoms with Crippen molar-refractivity contribution >= 4 is 5.91 Å². The topological polar surface area (TPSA) is 47.6 Å². The molecule has 0 heterocycles. The van der Waals surface area contributed by atoms with E-state index in [1.807, 2.05) is 55.5 Å². The molecule has 4 nitrogen and oxygen atoms in total. The molecule has 0 aromatic heterocycles. The molecule has 0 aliphatic heterocycles. The first-order valence-corrected chi connectivity index (χ1v) is 10.9. The number of rotatable bonds is 8. The highest BCUT2D eigenvalue weighted by atomic mass is 16.5. The largest absolute Gasteiger partial charge is 0.494 e. The van der Waals surface area contributed by atoms with Crippen molar-refractivity contribution in [3.05, 3.63) is 65.2 Å². The molecule has 29 heavy (non-hydrogen) atoms. The zero-order valence-corrected chi connectivity index (χ0v) is 17.5. The van der Waals surface area contributed by atoms with Gasteiger partial charge in [-0.25, -0.2) is 0 Å². The van der Waals surface area contributed by atoms with Crippen molar-refractivity contribution in [1.82, 2.24) is 5.32 Å². The predicted molar refractivity (Wildman–Crippen MR) is 116 cm³/mol. The number of carbonyl (C=O) groups excluding carboxylic acids is 1. The Bertz CT molecular complexity index is 752. The van der Waals surface area contributed by atoms with Gasteiger partial charge in [-0.15, -0.1) is 0 Å². The van der Waals surface area contributed by atoms with E-state index in [1.165, 1.54) is 32.1 Å². The summed E-state index contributed by atoms with van der Waals surface area (Å²) < 4.78 is 11.6. The van der Waals surface area contributed by atoms with Crippen LogP contribution >= 0.6 is 0 Å². The highest BCUT2D eigenvalue weighted by molar-refractivity contribution is 5.94. The summed E-state index contributed by atoms with van der Waals surface area (Å²) in [6.45, 7) is 3.49. The molecule has 0 radical (unpaired) electrons. The van der Waals surface area contributed by atoms with Gasteiger partial charge in [-0.05, 0) is 43.5 Å². The fourth-order valence-corrected chi connectivity index (χ4v) is 3.85. The maximum atomic E-state index is 12.8. The van der Waals surface area contributed by atoms with Crippen molar-refractivity contribution < 1.29 is 14.3 Å². The zero-order valence-electron chi connectivity index (χ0n) is 17.5. The van der Waals surface area contributed by atoms with E-state index in [0.717, 1.165) is 29.7 Å². The number of hydrogen-bond donors (Lipinski definition) is 1. The van der Waals surface area contributed by atoms with Crippen molar-refractivity contribution in [1.29, 1.82) is 0 Å². The first-order chi connectivity index (χ1) is 14.3. The van der Waals surface area contributed by atoms with Gasteiger partial charge in [-0.2, -0.15) is 0 Å². The molecule has 1 fully saturated rings. The smallest absolute Gasteiger partial charge is 0.251 e. The summed E-state index contributed by atoms with van der Waals surface area (Å²) in [7, 11) is 0. The van der Waals surface area contributed by atoms with Gasteiger partial charge in [-0.1, -0.05) is 62.4 Å². The molecule has 0 spiro atoms. The Morgan fingerprint density at radius 1 is 0.966 bits per heavy atom. The summed E-state index contributed by atoms with van der Waals surface area (Å²) in [5, 5.41) is 3.24. The average molecular weight is 396 g/mol. The maximum absolute atomic E-state index is 12.8. The highest BCUT2D eigenvalue weighted by Gasteiger charge is 2.16. The lowest BCUT2D eigenvalue weighted by Gasteiger charge is -2.21. The SMILES string of the molecule is CCOc1ccc(C(=O)NC2CCCCCCC2)cc1COCc1ccccc1. The number of amides is 1. The summed E-state index contributed by atoms with van der Waals surface area (Å²) in [5.41, 5.74) is 2.71. The quantitative estimate of drug-likeness (QED) is 0.629. The third-order valence-electron chi connectivity index (χ3n) is 5.43. The van der Waals surface area contributed by atoms with E-state index in [1.54, 1.807) is 0 Å². The minimum Gasteiger partial charge on any atom is -0.494 e. The van der Waals surface area contributed by atoms with Crippen LogP contribution in [0.4, 0.5) is 0 Å². The molecule has 0 atom stereocenters. The van der Waals surface area contributed by atoms with Gasteiger partial charge in [0.1, 0.15) is 5.75 Å². The van der Waals surface area contributed by atoms with E-state index in [4.69, 9.17) is 9.47 Å². The third kappa shape index (κ3) is 6.90. The van der Waals surface area contributed by atoms with Gasteiger partial charge in [0.05, 0.1) is 19.8 Å². The van der Waals surface area contributed by atoms with Gasteiger partial charge in [0.15, 0.2) is 0 Å². The van der Waals surface area contributed by atoms with Crippen LogP contribution in [0.25, 0.3) is 0 Å². The van der Waals surface area contributed by atoms with Gasteiger partial charge < -0.3 is 14.8 Å². The molecule has 4 heteroatoms. The Kier molecular flexibility index (Phi) is 8.57. The van der Waals surface area contributed by atoms with E-state index < -0.39 is 0 Å². The minimum absolute atomic E-state index is 0.00271. The molecule has 2 aromatic rings. The fourth-order valence-electron chi connectivity index (χ4n) is 3.85. The maximum Gasteiger partial charge on any atom is 0.251 e. The standard InChI is InChI=1S/C25H33NO3/c1-2-29-24-16-15-21(25(27)26-23-13-9-4-3-5-10-14-23)17-22(24)19-28-18-20-11-7-6-8-12-20/h6-8,11-12,15-17,23H,2-5,9-10,13-14,18-19H2,1H3,(H,26,27). The zero-order chi connectivity index (χ0) is 20.3. The lowest BCUT2D eigenvalue weighted by Crippen LogP contribution is -2.35. The van der Waals surface area contributed by atoms with Crippen LogP contribution in [0.3, 0.4) is 0 Å².